The second-order valence-electron chi connectivity index (χ2n) is 10.0. The smallest absolute Gasteiger partial charge is 0.400 e. The van der Waals surface area contributed by atoms with Gasteiger partial charge in [-0.1, -0.05) is 32.8 Å². The Bertz CT molecular complexity index is 480. The fourth-order valence-electron chi connectivity index (χ4n) is 5.24. The second kappa shape index (κ2) is 7.39. The zero-order chi connectivity index (χ0) is 18.2. The van der Waals surface area contributed by atoms with Crippen LogP contribution in [0, 0.1) is 23.7 Å². The molecule has 25 heavy (non-hydrogen) atoms. The lowest BCUT2D eigenvalue weighted by atomic mass is 9.64. The number of allylic oxidation sites excluding steroid dienone is 2. The van der Waals surface area contributed by atoms with Crippen molar-refractivity contribution in [3.63, 3.8) is 0 Å². The zero-order valence-corrected chi connectivity index (χ0v) is 17.4. The Morgan fingerprint density at radius 2 is 1.72 bits per heavy atom. The number of hydrogen-bond acceptors (Lipinski definition) is 2. The minimum atomic E-state index is -0.220. The predicted molar refractivity (Wildman–Crippen MR) is 106 cm³/mol. The van der Waals surface area contributed by atoms with Crippen LogP contribution >= 0.6 is 0 Å². The summed E-state index contributed by atoms with van der Waals surface area (Å²) in [4.78, 5) is 0. The highest BCUT2D eigenvalue weighted by Crippen LogP contribution is 2.45. The van der Waals surface area contributed by atoms with Crippen LogP contribution in [0.4, 0.5) is 0 Å². The molecule has 0 amide bonds. The molecule has 1 heterocycles. The lowest BCUT2D eigenvalue weighted by Crippen LogP contribution is -2.41. The molecular formula is C22H39BO2. The first-order valence-electron chi connectivity index (χ1n) is 10.8. The van der Waals surface area contributed by atoms with E-state index in [4.69, 9.17) is 9.31 Å². The van der Waals surface area contributed by atoms with Crippen molar-refractivity contribution < 1.29 is 9.31 Å². The van der Waals surface area contributed by atoms with Crippen LogP contribution < -0.4 is 0 Å². The van der Waals surface area contributed by atoms with E-state index in [1.54, 1.807) is 0 Å². The molecule has 3 heteroatoms. The highest BCUT2D eigenvalue weighted by Gasteiger charge is 2.52. The van der Waals surface area contributed by atoms with Crippen LogP contribution in [-0.4, -0.2) is 18.3 Å². The van der Waals surface area contributed by atoms with Gasteiger partial charge in [-0.15, -0.1) is 0 Å². The summed E-state index contributed by atoms with van der Waals surface area (Å²) in [5.41, 5.74) is 0.952. The van der Waals surface area contributed by atoms with E-state index in [1.165, 1.54) is 50.4 Å². The molecule has 3 aliphatic rings. The minimum Gasteiger partial charge on any atom is -0.400 e. The molecule has 142 valence electrons. The van der Waals surface area contributed by atoms with Crippen LogP contribution in [0.25, 0.3) is 0 Å². The van der Waals surface area contributed by atoms with Gasteiger partial charge in [0, 0.05) is 0 Å². The normalized spacial score (nSPS) is 37.8. The Hall–Kier alpha value is -0.275. The average Bonchev–Trinajstić information content (AvgIpc) is 2.78. The van der Waals surface area contributed by atoms with Gasteiger partial charge >= 0.3 is 7.12 Å². The van der Waals surface area contributed by atoms with Crippen LogP contribution in [0.3, 0.4) is 0 Å². The van der Waals surface area contributed by atoms with Crippen LogP contribution in [0.15, 0.2) is 11.5 Å². The van der Waals surface area contributed by atoms with Crippen LogP contribution in [-0.2, 0) is 9.31 Å². The Kier molecular flexibility index (Phi) is 5.76. The molecule has 2 fully saturated rings. The van der Waals surface area contributed by atoms with Crippen LogP contribution in [0.1, 0.15) is 92.9 Å². The number of rotatable bonds is 4. The van der Waals surface area contributed by atoms with E-state index in [2.05, 4.69) is 47.6 Å². The van der Waals surface area contributed by atoms with E-state index in [9.17, 15) is 0 Å². The van der Waals surface area contributed by atoms with Gasteiger partial charge in [-0.05, 0) is 95.4 Å². The van der Waals surface area contributed by atoms with Gasteiger partial charge in [0.1, 0.15) is 0 Å². The highest BCUT2D eigenvalue weighted by molar-refractivity contribution is 6.54. The molecule has 3 rings (SSSR count). The SMILES string of the molecule is CCCC1CCC(C2CC=C(B3OC(C)(C)C(C)(C)O3)CC2)CC1C. The van der Waals surface area contributed by atoms with Gasteiger partial charge in [0.2, 0.25) is 0 Å². The average molecular weight is 346 g/mol. The third kappa shape index (κ3) is 4.03. The highest BCUT2D eigenvalue weighted by atomic mass is 16.7. The van der Waals surface area contributed by atoms with Crippen molar-refractivity contribution in [2.45, 2.75) is 104 Å². The first kappa shape index (κ1) is 19.5. The molecule has 0 aromatic carbocycles. The van der Waals surface area contributed by atoms with Gasteiger partial charge in [0.05, 0.1) is 11.2 Å². The quantitative estimate of drug-likeness (QED) is 0.565. The Labute approximate surface area is 156 Å². The maximum absolute atomic E-state index is 6.25. The topological polar surface area (TPSA) is 18.5 Å². The van der Waals surface area contributed by atoms with E-state index >= 15 is 0 Å². The molecule has 1 saturated heterocycles. The molecule has 0 aromatic rings. The van der Waals surface area contributed by atoms with Gasteiger partial charge in [-0.25, -0.2) is 0 Å². The van der Waals surface area contributed by atoms with Crippen molar-refractivity contribution in [3.8, 4) is 0 Å². The Morgan fingerprint density at radius 1 is 1.04 bits per heavy atom. The predicted octanol–water partition coefficient (Wildman–Crippen LogP) is 6.20. The maximum Gasteiger partial charge on any atom is 0.490 e. The summed E-state index contributed by atoms with van der Waals surface area (Å²) >= 11 is 0. The van der Waals surface area contributed by atoms with E-state index < -0.39 is 0 Å². The Balaban J connectivity index is 1.55. The van der Waals surface area contributed by atoms with Crippen molar-refractivity contribution in [1.82, 2.24) is 0 Å². The summed E-state index contributed by atoms with van der Waals surface area (Å²) < 4.78 is 12.5. The molecular weight excluding hydrogens is 307 g/mol. The Morgan fingerprint density at radius 3 is 2.24 bits per heavy atom. The van der Waals surface area contributed by atoms with Gasteiger partial charge < -0.3 is 9.31 Å². The third-order valence-corrected chi connectivity index (χ3v) is 7.76. The maximum atomic E-state index is 6.25. The molecule has 4 atom stereocenters. The van der Waals surface area contributed by atoms with E-state index in [0.29, 0.717) is 0 Å². The van der Waals surface area contributed by atoms with E-state index in [0.717, 1.165) is 30.1 Å². The lowest BCUT2D eigenvalue weighted by molar-refractivity contribution is 0.00578. The molecule has 0 N–H and O–H groups in total. The molecule has 1 saturated carbocycles. The van der Waals surface area contributed by atoms with E-state index in [-0.39, 0.29) is 18.3 Å². The molecule has 2 aliphatic carbocycles. The van der Waals surface area contributed by atoms with Crippen molar-refractivity contribution in [3.05, 3.63) is 11.5 Å². The molecule has 0 spiro atoms. The summed E-state index contributed by atoms with van der Waals surface area (Å²) in [6.45, 7) is 13.4. The van der Waals surface area contributed by atoms with Crippen LogP contribution in [0.2, 0.25) is 0 Å². The first-order valence-corrected chi connectivity index (χ1v) is 10.8. The van der Waals surface area contributed by atoms with Crippen LogP contribution in [0.5, 0.6) is 0 Å². The lowest BCUT2D eigenvalue weighted by Gasteiger charge is -2.39. The summed E-state index contributed by atoms with van der Waals surface area (Å²) in [5.74, 6) is 3.74. The molecule has 4 unspecified atom stereocenters. The largest absolute Gasteiger partial charge is 0.490 e. The summed E-state index contributed by atoms with van der Waals surface area (Å²) in [6, 6.07) is 0. The van der Waals surface area contributed by atoms with Crippen molar-refractivity contribution >= 4 is 7.12 Å². The van der Waals surface area contributed by atoms with Gasteiger partial charge in [0.15, 0.2) is 0 Å². The monoisotopic (exact) mass is 346 g/mol. The second-order valence-corrected chi connectivity index (χ2v) is 10.0. The van der Waals surface area contributed by atoms with E-state index in [1.807, 2.05) is 0 Å². The zero-order valence-electron chi connectivity index (χ0n) is 17.4. The first-order chi connectivity index (χ1) is 11.7. The molecule has 0 bridgehead atoms. The van der Waals surface area contributed by atoms with Gasteiger partial charge in [-0.2, -0.15) is 0 Å². The summed E-state index contributed by atoms with van der Waals surface area (Å²) in [6.07, 6.45) is 13.3. The van der Waals surface area contributed by atoms with Gasteiger partial charge in [0.25, 0.3) is 0 Å². The summed E-state index contributed by atoms with van der Waals surface area (Å²) in [5, 5.41) is 0. The minimum absolute atomic E-state index is 0.120. The summed E-state index contributed by atoms with van der Waals surface area (Å²) in [7, 11) is -0.120. The third-order valence-electron chi connectivity index (χ3n) is 7.76. The molecule has 0 radical (unpaired) electrons. The van der Waals surface area contributed by atoms with Crippen molar-refractivity contribution in [1.29, 1.82) is 0 Å². The van der Waals surface area contributed by atoms with Gasteiger partial charge in [-0.3, -0.25) is 0 Å². The molecule has 0 aromatic heterocycles. The fraction of sp³-hybridized carbons (Fsp3) is 0.909. The van der Waals surface area contributed by atoms with Crippen molar-refractivity contribution in [2.75, 3.05) is 0 Å². The number of hydrogen-bond donors (Lipinski definition) is 0. The molecule has 2 nitrogen and oxygen atoms in total. The molecule has 1 aliphatic heterocycles. The standard InChI is InChI=1S/C22H39BO2/c1-7-8-17-9-10-19(15-16(17)2)18-11-13-20(14-12-18)23-24-21(3,4)22(5,6)25-23/h13,16-19H,7-12,14-15H2,1-6H3. The fourth-order valence-corrected chi connectivity index (χ4v) is 5.24. The van der Waals surface area contributed by atoms with Crippen molar-refractivity contribution in [2.24, 2.45) is 23.7 Å².